The number of carbonyl (C=O) groups is 1. The van der Waals surface area contributed by atoms with Crippen LogP contribution in [0.4, 0.5) is 5.69 Å². The molecule has 1 N–H and O–H groups in total. The van der Waals surface area contributed by atoms with E-state index in [0.717, 1.165) is 22.5 Å². The molecule has 0 atom stereocenters. The lowest BCUT2D eigenvalue weighted by atomic mass is 10.1. The van der Waals surface area contributed by atoms with Crippen LogP contribution in [0.5, 0.6) is 11.5 Å². The molecule has 3 aromatic carbocycles. The van der Waals surface area contributed by atoms with Gasteiger partial charge in [0.25, 0.3) is 5.91 Å². The van der Waals surface area contributed by atoms with E-state index in [1.807, 2.05) is 69.3 Å². The molecule has 1 heterocycles. The molecule has 0 unspecified atom stereocenters. The molecule has 0 saturated heterocycles. The molecule has 0 bridgehead atoms. The van der Waals surface area contributed by atoms with Crippen molar-refractivity contribution in [1.29, 1.82) is 0 Å². The molecule has 31 heavy (non-hydrogen) atoms. The van der Waals surface area contributed by atoms with E-state index >= 15 is 0 Å². The molecule has 7 nitrogen and oxygen atoms in total. The Bertz CT molecular complexity index is 1220. The quantitative estimate of drug-likeness (QED) is 0.481. The summed E-state index contributed by atoms with van der Waals surface area (Å²) < 4.78 is 11.1. The molecule has 0 fully saturated rings. The molecule has 4 rings (SSSR count). The summed E-state index contributed by atoms with van der Waals surface area (Å²) in [7, 11) is 0. The van der Waals surface area contributed by atoms with Crippen LogP contribution in [-0.4, -0.2) is 34.1 Å². The standard InChI is InChI=1S/C24H24N4O3/c1-4-30-20-10-7-19(8-11-20)28-26-22-12-6-18(14-23(22)27-28)25-24(29)15-31-21-9-5-16(2)17(3)13-21/h5-14H,4,15H2,1-3H3,(H,25,29). The van der Waals surface area contributed by atoms with E-state index < -0.39 is 0 Å². The van der Waals surface area contributed by atoms with Crippen molar-refractivity contribution < 1.29 is 14.3 Å². The summed E-state index contributed by atoms with van der Waals surface area (Å²) in [6.07, 6.45) is 0. The lowest BCUT2D eigenvalue weighted by Gasteiger charge is -2.09. The number of nitrogens with zero attached hydrogens (tertiary/aromatic N) is 3. The van der Waals surface area contributed by atoms with Crippen molar-refractivity contribution in [1.82, 2.24) is 15.0 Å². The monoisotopic (exact) mass is 416 g/mol. The number of hydrogen-bond acceptors (Lipinski definition) is 5. The van der Waals surface area contributed by atoms with Crippen molar-refractivity contribution in [3.8, 4) is 17.2 Å². The summed E-state index contributed by atoms with van der Waals surface area (Å²) in [5.41, 5.74) is 5.19. The van der Waals surface area contributed by atoms with Gasteiger partial charge in [-0.2, -0.15) is 4.80 Å². The zero-order valence-electron chi connectivity index (χ0n) is 17.8. The number of fused-ring (bicyclic) bond motifs is 1. The van der Waals surface area contributed by atoms with Gasteiger partial charge in [-0.15, -0.1) is 10.2 Å². The topological polar surface area (TPSA) is 78.3 Å². The molecule has 0 radical (unpaired) electrons. The average molecular weight is 416 g/mol. The van der Waals surface area contributed by atoms with Gasteiger partial charge in [0.05, 0.1) is 12.3 Å². The minimum atomic E-state index is -0.239. The summed E-state index contributed by atoms with van der Waals surface area (Å²) in [6.45, 7) is 6.54. The van der Waals surface area contributed by atoms with E-state index in [9.17, 15) is 4.79 Å². The largest absolute Gasteiger partial charge is 0.494 e. The van der Waals surface area contributed by atoms with Crippen LogP contribution in [0.15, 0.2) is 60.7 Å². The van der Waals surface area contributed by atoms with Crippen LogP contribution in [0.25, 0.3) is 16.7 Å². The third-order valence-electron chi connectivity index (χ3n) is 4.89. The molecule has 7 heteroatoms. The SMILES string of the molecule is CCOc1ccc(-n2nc3ccc(NC(=O)COc4ccc(C)c(C)c4)cc3n2)cc1. The van der Waals surface area contributed by atoms with Gasteiger partial charge in [-0.3, -0.25) is 4.79 Å². The lowest BCUT2D eigenvalue weighted by molar-refractivity contribution is -0.118. The first-order chi connectivity index (χ1) is 15.0. The first kappa shape index (κ1) is 20.4. The van der Waals surface area contributed by atoms with E-state index in [1.165, 1.54) is 5.56 Å². The van der Waals surface area contributed by atoms with Crippen molar-refractivity contribution in [3.05, 3.63) is 71.8 Å². The Labute approximate surface area is 180 Å². The lowest BCUT2D eigenvalue weighted by Crippen LogP contribution is -2.20. The van der Waals surface area contributed by atoms with E-state index in [1.54, 1.807) is 16.9 Å². The first-order valence-corrected chi connectivity index (χ1v) is 10.1. The van der Waals surface area contributed by atoms with Gasteiger partial charge in [0.1, 0.15) is 22.5 Å². The normalized spacial score (nSPS) is 10.8. The number of amides is 1. The van der Waals surface area contributed by atoms with Gasteiger partial charge in [-0.05, 0) is 86.5 Å². The summed E-state index contributed by atoms with van der Waals surface area (Å²) >= 11 is 0. The van der Waals surface area contributed by atoms with Gasteiger partial charge < -0.3 is 14.8 Å². The molecule has 0 aliphatic rings. The Kier molecular flexibility index (Phi) is 5.84. The molecule has 0 aliphatic heterocycles. The summed E-state index contributed by atoms with van der Waals surface area (Å²) in [6, 6.07) is 18.7. The van der Waals surface area contributed by atoms with Crippen LogP contribution >= 0.6 is 0 Å². The predicted octanol–water partition coefficient (Wildman–Crippen LogP) is 4.45. The second kappa shape index (κ2) is 8.87. The fourth-order valence-corrected chi connectivity index (χ4v) is 3.10. The Hall–Kier alpha value is -3.87. The maximum atomic E-state index is 12.3. The highest BCUT2D eigenvalue weighted by molar-refractivity contribution is 5.93. The second-order valence-corrected chi connectivity index (χ2v) is 7.20. The smallest absolute Gasteiger partial charge is 0.262 e. The summed E-state index contributed by atoms with van der Waals surface area (Å²) in [5.74, 6) is 1.24. The molecular weight excluding hydrogens is 392 g/mol. The highest BCUT2D eigenvalue weighted by Crippen LogP contribution is 2.20. The molecule has 1 amide bonds. The van der Waals surface area contributed by atoms with Crippen LogP contribution in [0.3, 0.4) is 0 Å². The number of carbonyl (C=O) groups excluding carboxylic acids is 1. The zero-order valence-corrected chi connectivity index (χ0v) is 17.8. The van der Waals surface area contributed by atoms with Crippen molar-refractivity contribution >= 4 is 22.6 Å². The van der Waals surface area contributed by atoms with E-state index in [4.69, 9.17) is 9.47 Å². The van der Waals surface area contributed by atoms with Crippen molar-refractivity contribution in [2.45, 2.75) is 20.8 Å². The molecular formula is C24H24N4O3. The number of aromatic nitrogens is 3. The van der Waals surface area contributed by atoms with Crippen LogP contribution in [0.1, 0.15) is 18.1 Å². The van der Waals surface area contributed by atoms with Crippen LogP contribution in [0.2, 0.25) is 0 Å². The van der Waals surface area contributed by atoms with Crippen LogP contribution in [-0.2, 0) is 4.79 Å². The van der Waals surface area contributed by atoms with E-state index in [2.05, 4.69) is 15.5 Å². The van der Waals surface area contributed by atoms with Gasteiger partial charge in [-0.25, -0.2) is 0 Å². The predicted molar refractivity (Wildman–Crippen MR) is 120 cm³/mol. The number of benzene rings is 3. The third-order valence-corrected chi connectivity index (χ3v) is 4.89. The maximum Gasteiger partial charge on any atom is 0.262 e. The summed E-state index contributed by atoms with van der Waals surface area (Å²) in [4.78, 5) is 13.9. The molecule has 0 saturated carbocycles. The van der Waals surface area contributed by atoms with Crippen molar-refractivity contribution in [2.24, 2.45) is 0 Å². The number of nitrogens with one attached hydrogen (secondary N) is 1. The number of ether oxygens (including phenoxy) is 2. The fraction of sp³-hybridized carbons (Fsp3) is 0.208. The molecule has 4 aromatic rings. The van der Waals surface area contributed by atoms with Gasteiger partial charge >= 0.3 is 0 Å². The molecule has 0 aliphatic carbocycles. The van der Waals surface area contributed by atoms with E-state index in [0.29, 0.717) is 23.6 Å². The van der Waals surface area contributed by atoms with Crippen LogP contribution < -0.4 is 14.8 Å². The van der Waals surface area contributed by atoms with Crippen molar-refractivity contribution in [3.63, 3.8) is 0 Å². The highest BCUT2D eigenvalue weighted by atomic mass is 16.5. The first-order valence-electron chi connectivity index (χ1n) is 10.1. The fourth-order valence-electron chi connectivity index (χ4n) is 3.10. The number of rotatable bonds is 7. The third kappa shape index (κ3) is 4.83. The molecule has 158 valence electrons. The average Bonchev–Trinajstić information content (AvgIpc) is 3.19. The Balaban J connectivity index is 1.42. The van der Waals surface area contributed by atoms with Gasteiger partial charge in [0.2, 0.25) is 0 Å². The highest BCUT2D eigenvalue weighted by Gasteiger charge is 2.09. The number of aryl methyl sites for hydroxylation is 2. The molecule has 1 aromatic heterocycles. The van der Waals surface area contributed by atoms with Gasteiger partial charge in [0.15, 0.2) is 6.61 Å². The zero-order chi connectivity index (χ0) is 21.8. The molecule has 0 spiro atoms. The Morgan fingerprint density at radius 2 is 1.61 bits per heavy atom. The Morgan fingerprint density at radius 1 is 0.871 bits per heavy atom. The van der Waals surface area contributed by atoms with Crippen molar-refractivity contribution in [2.75, 3.05) is 18.5 Å². The van der Waals surface area contributed by atoms with Crippen LogP contribution in [0, 0.1) is 13.8 Å². The number of anilines is 1. The number of hydrogen-bond donors (Lipinski definition) is 1. The van der Waals surface area contributed by atoms with Gasteiger partial charge in [0, 0.05) is 5.69 Å². The second-order valence-electron chi connectivity index (χ2n) is 7.20. The van der Waals surface area contributed by atoms with Gasteiger partial charge in [-0.1, -0.05) is 6.07 Å². The van der Waals surface area contributed by atoms with E-state index in [-0.39, 0.29) is 12.5 Å². The maximum absolute atomic E-state index is 12.3. The Morgan fingerprint density at radius 3 is 2.35 bits per heavy atom. The minimum absolute atomic E-state index is 0.0700. The minimum Gasteiger partial charge on any atom is -0.494 e. The summed E-state index contributed by atoms with van der Waals surface area (Å²) in [5, 5.41) is 11.9.